The second kappa shape index (κ2) is 3.83. The van der Waals surface area contributed by atoms with Crippen LogP contribution in [0.2, 0.25) is 0 Å². The molecule has 0 aromatic heterocycles. The molecule has 0 fully saturated rings. The van der Waals surface area contributed by atoms with E-state index >= 15 is 0 Å². The second-order valence-corrected chi connectivity index (χ2v) is 4.65. The first-order valence-electron chi connectivity index (χ1n) is 4.35. The van der Waals surface area contributed by atoms with Crippen molar-refractivity contribution < 1.29 is 17.6 Å². The van der Waals surface area contributed by atoms with Crippen molar-refractivity contribution in [3.05, 3.63) is 11.6 Å². The third-order valence-electron chi connectivity index (χ3n) is 2.47. The lowest BCUT2D eigenvalue weighted by molar-refractivity contribution is -0.183. The van der Waals surface area contributed by atoms with Crippen molar-refractivity contribution in [1.82, 2.24) is 0 Å². The molecule has 0 radical (unpaired) electrons. The molecule has 0 spiro atoms. The SMILES string of the molecule is CC1=CCCC(C(F)(F)C(F)(F)Br)C1. The van der Waals surface area contributed by atoms with E-state index in [1.807, 2.05) is 6.08 Å². The van der Waals surface area contributed by atoms with Gasteiger partial charge < -0.3 is 0 Å². The zero-order valence-corrected chi connectivity index (χ0v) is 9.25. The molecule has 0 nitrogen and oxygen atoms in total. The summed E-state index contributed by atoms with van der Waals surface area (Å²) in [6.07, 6.45) is 2.44. The topological polar surface area (TPSA) is 0 Å². The van der Waals surface area contributed by atoms with E-state index in [1.165, 1.54) is 0 Å². The fourth-order valence-corrected chi connectivity index (χ4v) is 1.97. The first-order valence-corrected chi connectivity index (χ1v) is 5.14. The molecule has 5 heteroatoms. The summed E-state index contributed by atoms with van der Waals surface area (Å²) in [5.41, 5.74) is 0.762. The molecular weight excluding hydrogens is 264 g/mol. The third-order valence-corrected chi connectivity index (χ3v) is 3.00. The van der Waals surface area contributed by atoms with Crippen molar-refractivity contribution in [2.24, 2.45) is 5.92 Å². The molecule has 0 aromatic rings. The Kier molecular flexibility index (Phi) is 3.29. The van der Waals surface area contributed by atoms with Gasteiger partial charge >= 0.3 is 10.8 Å². The summed E-state index contributed by atoms with van der Waals surface area (Å²) in [6.45, 7) is 1.69. The molecule has 1 aliphatic rings. The Morgan fingerprint density at radius 2 is 1.93 bits per heavy atom. The highest BCUT2D eigenvalue weighted by atomic mass is 79.9. The number of halogens is 5. The molecule has 1 aliphatic carbocycles. The molecule has 0 aliphatic heterocycles. The maximum atomic E-state index is 13.2. The molecular formula is C9H11BrF4. The van der Waals surface area contributed by atoms with Gasteiger partial charge in [0, 0.05) is 5.92 Å². The fourth-order valence-electron chi connectivity index (χ4n) is 1.65. The molecule has 14 heavy (non-hydrogen) atoms. The van der Waals surface area contributed by atoms with Crippen LogP contribution in [0.3, 0.4) is 0 Å². The van der Waals surface area contributed by atoms with Gasteiger partial charge in [0.1, 0.15) is 0 Å². The van der Waals surface area contributed by atoms with Crippen LogP contribution >= 0.6 is 15.9 Å². The van der Waals surface area contributed by atoms with Crippen LogP contribution < -0.4 is 0 Å². The maximum absolute atomic E-state index is 13.2. The lowest BCUT2D eigenvalue weighted by atomic mass is 9.85. The van der Waals surface area contributed by atoms with Crippen LogP contribution in [0, 0.1) is 5.92 Å². The first-order chi connectivity index (χ1) is 6.25. The van der Waals surface area contributed by atoms with Crippen LogP contribution in [-0.2, 0) is 0 Å². The molecule has 0 N–H and O–H groups in total. The number of alkyl halides is 5. The van der Waals surface area contributed by atoms with Crippen LogP contribution in [-0.4, -0.2) is 10.8 Å². The molecule has 0 heterocycles. The molecule has 1 atom stereocenters. The minimum atomic E-state index is -4.11. The van der Waals surface area contributed by atoms with Crippen molar-refractivity contribution in [3.8, 4) is 0 Å². The van der Waals surface area contributed by atoms with Gasteiger partial charge in [-0.1, -0.05) is 11.6 Å². The van der Waals surface area contributed by atoms with Crippen molar-refractivity contribution in [3.63, 3.8) is 0 Å². The first kappa shape index (κ1) is 12.0. The summed E-state index contributed by atoms with van der Waals surface area (Å²) >= 11 is 1.75. The van der Waals surface area contributed by atoms with Gasteiger partial charge in [-0.2, -0.15) is 17.6 Å². The van der Waals surface area contributed by atoms with E-state index in [0.717, 1.165) is 5.57 Å². The molecule has 0 amide bonds. The molecule has 82 valence electrons. The Bertz CT molecular complexity index is 242. The molecule has 0 saturated heterocycles. The smallest absolute Gasteiger partial charge is 0.198 e. The maximum Gasteiger partial charge on any atom is 0.363 e. The van der Waals surface area contributed by atoms with E-state index in [4.69, 9.17) is 0 Å². The third kappa shape index (κ3) is 2.30. The van der Waals surface area contributed by atoms with Gasteiger partial charge in [0.15, 0.2) is 0 Å². The van der Waals surface area contributed by atoms with Gasteiger partial charge in [-0.05, 0) is 42.1 Å². The zero-order valence-electron chi connectivity index (χ0n) is 7.67. The van der Waals surface area contributed by atoms with E-state index in [1.54, 1.807) is 22.9 Å². The highest BCUT2D eigenvalue weighted by Crippen LogP contribution is 2.48. The Labute approximate surface area is 88.5 Å². The molecule has 0 saturated carbocycles. The molecule has 1 rings (SSSR count). The van der Waals surface area contributed by atoms with Gasteiger partial charge in [0.25, 0.3) is 0 Å². The Hall–Kier alpha value is -0.0600. The number of allylic oxidation sites excluding steroid dienone is 2. The zero-order chi connectivity index (χ0) is 11.0. The predicted molar refractivity (Wildman–Crippen MR) is 49.9 cm³/mol. The van der Waals surface area contributed by atoms with Crippen molar-refractivity contribution in [1.29, 1.82) is 0 Å². The fraction of sp³-hybridized carbons (Fsp3) is 0.778. The van der Waals surface area contributed by atoms with Crippen LogP contribution in [0.5, 0.6) is 0 Å². The molecule has 0 aromatic carbocycles. The average Bonchev–Trinajstić information content (AvgIpc) is 2.02. The number of hydrogen-bond acceptors (Lipinski definition) is 0. The quantitative estimate of drug-likeness (QED) is 0.399. The van der Waals surface area contributed by atoms with Crippen molar-refractivity contribution >= 4 is 15.9 Å². The van der Waals surface area contributed by atoms with E-state index in [-0.39, 0.29) is 12.8 Å². The summed E-state index contributed by atoms with van der Waals surface area (Å²) in [5.74, 6) is -5.23. The van der Waals surface area contributed by atoms with Crippen molar-refractivity contribution in [2.45, 2.75) is 36.9 Å². The molecule has 1 unspecified atom stereocenters. The van der Waals surface area contributed by atoms with Crippen LogP contribution in [0.15, 0.2) is 11.6 Å². The van der Waals surface area contributed by atoms with Crippen molar-refractivity contribution in [2.75, 3.05) is 0 Å². The highest BCUT2D eigenvalue weighted by Gasteiger charge is 2.58. The second-order valence-electron chi connectivity index (χ2n) is 3.65. The Morgan fingerprint density at radius 1 is 1.36 bits per heavy atom. The summed E-state index contributed by atoms with van der Waals surface area (Å²) in [4.78, 5) is -4.11. The summed E-state index contributed by atoms with van der Waals surface area (Å²) in [6, 6.07) is 0. The van der Waals surface area contributed by atoms with E-state index in [0.29, 0.717) is 6.42 Å². The van der Waals surface area contributed by atoms with Crippen LogP contribution in [0.25, 0.3) is 0 Å². The van der Waals surface area contributed by atoms with Gasteiger partial charge in [-0.25, -0.2) is 0 Å². The lowest BCUT2D eigenvalue weighted by Crippen LogP contribution is -2.43. The van der Waals surface area contributed by atoms with E-state index in [2.05, 4.69) is 0 Å². The van der Waals surface area contributed by atoms with Gasteiger partial charge in [-0.15, -0.1) is 0 Å². The van der Waals surface area contributed by atoms with Gasteiger partial charge in [-0.3, -0.25) is 0 Å². The van der Waals surface area contributed by atoms with E-state index < -0.39 is 16.7 Å². The largest absolute Gasteiger partial charge is 0.363 e. The van der Waals surface area contributed by atoms with Crippen LogP contribution in [0.4, 0.5) is 17.6 Å². The average molecular weight is 275 g/mol. The van der Waals surface area contributed by atoms with E-state index in [9.17, 15) is 17.6 Å². The normalized spacial score (nSPS) is 24.7. The minimum absolute atomic E-state index is 0.0498. The predicted octanol–water partition coefficient (Wildman–Crippen LogP) is 4.36. The minimum Gasteiger partial charge on any atom is -0.198 e. The summed E-state index contributed by atoms with van der Waals surface area (Å²) < 4.78 is 51.4. The summed E-state index contributed by atoms with van der Waals surface area (Å²) in [7, 11) is 0. The Balaban J connectivity index is 2.79. The molecule has 0 bridgehead atoms. The van der Waals surface area contributed by atoms with Gasteiger partial charge in [0.05, 0.1) is 0 Å². The summed E-state index contributed by atoms with van der Waals surface area (Å²) in [5, 5.41) is 0. The number of rotatable bonds is 2. The monoisotopic (exact) mass is 274 g/mol. The van der Waals surface area contributed by atoms with Crippen LogP contribution in [0.1, 0.15) is 26.2 Å². The Morgan fingerprint density at radius 3 is 2.36 bits per heavy atom. The number of hydrogen-bond donors (Lipinski definition) is 0. The van der Waals surface area contributed by atoms with Gasteiger partial charge in [0.2, 0.25) is 0 Å². The lowest BCUT2D eigenvalue weighted by Gasteiger charge is -2.32. The standard InChI is InChI=1S/C9H11BrF4/c1-6-3-2-4-7(5-6)8(11,12)9(10,13)14/h3,7H,2,4-5H2,1H3. The highest BCUT2D eigenvalue weighted by molar-refractivity contribution is 9.10.